The third-order valence-electron chi connectivity index (χ3n) is 1.62. The molecule has 0 aliphatic carbocycles. The molecule has 0 aromatic heterocycles. The molecule has 1 heterocycles. The molecule has 0 amide bonds. The Kier molecular flexibility index (Phi) is 3.75. The topological polar surface area (TPSA) is 17.3 Å². The smallest absolute Gasteiger partial charge is 0.00431 e. The summed E-state index contributed by atoms with van der Waals surface area (Å²) >= 11 is 0. The van der Waals surface area contributed by atoms with Gasteiger partial charge in [0.05, 0.1) is 0 Å². The molecule has 1 aliphatic rings. The van der Waals surface area contributed by atoms with E-state index < -0.39 is 0 Å². The Hall–Kier alpha value is 0.444. The quantitative estimate of drug-likeness (QED) is 0.579. The van der Waals surface area contributed by atoms with Crippen molar-refractivity contribution >= 4 is 0 Å². The molecule has 0 saturated heterocycles. The summed E-state index contributed by atoms with van der Waals surface area (Å²) in [5, 5.41) is 4.20. The van der Waals surface area contributed by atoms with E-state index in [0.29, 0.717) is 0 Å². The third kappa shape index (κ3) is 1.94. The maximum Gasteiger partial charge on any atom is 0.00431 e. The van der Waals surface area contributed by atoms with E-state index >= 15 is 0 Å². The summed E-state index contributed by atoms with van der Waals surface area (Å²) in [7, 11) is 2.05. The van der Waals surface area contributed by atoms with Crippen LogP contribution in [0.2, 0.25) is 0 Å². The van der Waals surface area contributed by atoms with Crippen LogP contribution < -0.4 is 0 Å². The maximum atomic E-state index is 4.20. The number of hydrogen-bond donors (Lipinski definition) is 0. The first kappa shape index (κ1) is 9.44. The molecule has 0 bridgehead atoms. The zero-order valence-electron chi connectivity index (χ0n) is 6.18. The second kappa shape index (κ2) is 3.57. The second-order valence-electron chi connectivity index (χ2n) is 2.17. The van der Waals surface area contributed by atoms with Crippen molar-refractivity contribution in [3.8, 4) is 0 Å². The largest absolute Gasteiger partial charge is 0.670 e. The van der Waals surface area contributed by atoms with Gasteiger partial charge in [0.15, 0.2) is 0 Å². The van der Waals surface area contributed by atoms with Crippen LogP contribution in [0.5, 0.6) is 0 Å². The van der Waals surface area contributed by atoms with Gasteiger partial charge in [-0.2, -0.15) is 0 Å². The van der Waals surface area contributed by atoms with Crippen LogP contribution in [0.1, 0.15) is 13.8 Å². The van der Waals surface area contributed by atoms with Crippen LogP contribution >= 0.6 is 0 Å². The van der Waals surface area contributed by atoms with Crippen LogP contribution in [0, 0.1) is 0 Å². The van der Waals surface area contributed by atoms with E-state index in [1.165, 1.54) is 11.4 Å². The fourth-order valence-electron chi connectivity index (χ4n) is 0.709. The Morgan fingerprint density at radius 2 is 2.00 bits per heavy atom. The van der Waals surface area contributed by atoms with E-state index in [1.54, 1.807) is 0 Å². The van der Waals surface area contributed by atoms with Crippen molar-refractivity contribution < 1.29 is 32.7 Å². The predicted octanol–water partition coefficient (Wildman–Crippen LogP) is 1.51. The molecule has 0 aromatic carbocycles. The van der Waals surface area contributed by atoms with Gasteiger partial charge in [-0.1, -0.05) is 13.6 Å². The van der Waals surface area contributed by atoms with Crippen LogP contribution in [0.4, 0.5) is 0 Å². The molecule has 9 heavy (non-hydrogen) atoms. The van der Waals surface area contributed by atoms with Crippen molar-refractivity contribution in [3.63, 3.8) is 0 Å². The monoisotopic (exact) mass is 200 g/mol. The van der Waals surface area contributed by atoms with Gasteiger partial charge in [-0.3, -0.25) is 0 Å². The molecule has 0 N–H and O–H groups in total. The molecule has 1 rings (SSSR count). The van der Waals surface area contributed by atoms with Crippen LogP contribution in [0.3, 0.4) is 0 Å². The standard InChI is InChI=1S/C6H11N2.Y/c1-5-6(2)8(3)4-7-5;/h4H2,1-3H3;/q-1;. The Bertz CT molecular complexity index is 131. The summed E-state index contributed by atoms with van der Waals surface area (Å²) in [6.45, 7) is 4.97. The van der Waals surface area contributed by atoms with Gasteiger partial charge in [-0.05, 0) is 12.6 Å². The van der Waals surface area contributed by atoms with Crippen molar-refractivity contribution in [1.82, 2.24) is 4.90 Å². The normalized spacial score (nSPS) is 17.4. The molecule has 49 valence electrons. The molecule has 1 radical (unpaired) electrons. The van der Waals surface area contributed by atoms with Crippen molar-refractivity contribution in [2.45, 2.75) is 13.8 Å². The average Bonchev–Trinajstić information content (AvgIpc) is 1.98. The molecule has 1 aliphatic heterocycles. The molecule has 2 nitrogen and oxygen atoms in total. The summed E-state index contributed by atoms with van der Waals surface area (Å²) in [6, 6.07) is 0. The summed E-state index contributed by atoms with van der Waals surface area (Å²) in [5.41, 5.74) is 2.47. The van der Waals surface area contributed by atoms with Crippen LogP contribution in [-0.4, -0.2) is 18.6 Å². The number of nitrogens with zero attached hydrogens (tertiary/aromatic N) is 2. The number of allylic oxidation sites excluding steroid dienone is 2. The molecule has 0 unspecified atom stereocenters. The van der Waals surface area contributed by atoms with Crippen molar-refractivity contribution in [1.29, 1.82) is 0 Å². The van der Waals surface area contributed by atoms with Gasteiger partial charge in [0.2, 0.25) is 0 Å². The van der Waals surface area contributed by atoms with Crippen molar-refractivity contribution in [3.05, 3.63) is 16.7 Å². The average molecular weight is 200 g/mol. The number of rotatable bonds is 0. The first-order valence-electron chi connectivity index (χ1n) is 2.78. The van der Waals surface area contributed by atoms with Crippen LogP contribution in [-0.2, 0) is 32.7 Å². The zero-order chi connectivity index (χ0) is 6.15. The molecule has 0 aromatic rings. The fourth-order valence-corrected chi connectivity index (χ4v) is 0.709. The van der Waals surface area contributed by atoms with E-state index in [2.05, 4.69) is 24.2 Å². The Morgan fingerprint density at radius 3 is 2.11 bits per heavy atom. The molecule has 0 spiro atoms. The van der Waals surface area contributed by atoms with Gasteiger partial charge < -0.3 is 10.2 Å². The molecular weight excluding hydrogens is 189 g/mol. The molecule has 0 saturated carbocycles. The predicted molar refractivity (Wildman–Crippen MR) is 34.4 cm³/mol. The van der Waals surface area contributed by atoms with Crippen molar-refractivity contribution in [2.75, 3.05) is 13.7 Å². The van der Waals surface area contributed by atoms with Crippen LogP contribution in [0.15, 0.2) is 11.4 Å². The molecule has 0 fully saturated rings. The maximum absolute atomic E-state index is 4.20. The van der Waals surface area contributed by atoms with Gasteiger partial charge >= 0.3 is 0 Å². The van der Waals surface area contributed by atoms with Gasteiger partial charge in [-0.15, -0.1) is 5.70 Å². The Balaban J connectivity index is 0.000000640. The van der Waals surface area contributed by atoms with E-state index in [4.69, 9.17) is 0 Å². The SMILES string of the molecule is CC1=C(C)N(C)C[N-]1.[Y]. The third-order valence-corrected chi connectivity index (χ3v) is 1.62. The van der Waals surface area contributed by atoms with E-state index in [-0.39, 0.29) is 32.7 Å². The van der Waals surface area contributed by atoms with Gasteiger partial charge in [-0.25, -0.2) is 0 Å². The first-order chi connectivity index (χ1) is 3.72. The Morgan fingerprint density at radius 1 is 1.44 bits per heavy atom. The molecule has 0 atom stereocenters. The fraction of sp³-hybridized carbons (Fsp3) is 0.667. The summed E-state index contributed by atoms with van der Waals surface area (Å²) < 4.78 is 0. The van der Waals surface area contributed by atoms with Gasteiger partial charge in [0, 0.05) is 39.8 Å². The van der Waals surface area contributed by atoms with E-state index in [1.807, 2.05) is 6.92 Å². The minimum atomic E-state index is 0. The van der Waals surface area contributed by atoms with Gasteiger partial charge in [0.25, 0.3) is 0 Å². The minimum absolute atomic E-state index is 0. The Labute approximate surface area is 81.6 Å². The summed E-state index contributed by atoms with van der Waals surface area (Å²) in [6.07, 6.45) is 0. The van der Waals surface area contributed by atoms with E-state index in [0.717, 1.165) is 6.67 Å². The zero-order valence-corrected chi connectivity index (χ0v) is 9.02. The molecule has 3 heteroatoms. The van der Waals surface area contributed by atoms with Crippen LogP contribution in [0.25, 0.3) is 5.32 Å². The first-order valence-corrected chi connectivity index (χ1v) is 2.78. The van der Waals surface area contributed by atoms with Crippen molar-refractivity contribution in [2.24, 2.45) is 0 Å². The van der Waals surface area contributed by atoms with E-state index in [9.17, 15) is 0 Å². The summed E-state index contributed by atoms with van der Waals surface area (Å²) in [4.78, 5) is 2.13. The summed E-state index contributed by atoms with van der Waals surface area (Å²) in [5.74, 6) is 0. The second-order valence-corrected chi connectivity index (χ2v) is 2.17. The molecular formula is C6H11N2Y-. The minimum Gasteiger partial charge on any atom is -0.670 e. The van der Waals surface area contributed by atoms with Gasteiger partial charge in [0.1, 0.15) is 0 Å². The number of hydrogen-bond acceptors (Lipinski definition) is 1.